The molecule has 0 aliphatic carbocycles. The lowest BCUT2D eigenvalue weighted by Gasteiger charge is -2.03. The van der Waals surface area contributed by atoms with Gasteiger partial charge in [0.1, 0.15) is 11.3 Å². The molecule has 1 aromatic carbocycles. The van der Waals surface area contributed by atoms with Crippen molar-refractivity contribution < 1.29 is 18.4 Å². The van der Waals surface area contributed by atoms with Crippen LogP contribution in [-0.2, 0) is 5.75 Å². The number of aromatic nitrogens is 2. The second-order valence-corrected chi connectivity index (χ2v) is 5.84. The minimum Gasteiger partial charge on any atom is -0.508 e. The first-order valence-corrected chi connectivity index (χ1v) is 7.93. The van der Waals surface area contributed by atoms with E-state index < -0.39 is 5.63 Å². The van der Waals surface area contributed by atoms with Crippen LogP contribution in [0.3, 0.4) is 0 Å². The summed E-state index contributed by atoms with van der Waals surface area (Å²) >= 11 is 1.29. The Kier molecular flexibility index (Phi) is 3.58. The summed E-state index contributed by atoms with van der Waals surface area (Å²) in [7, 11) is 0. The van der Waals surface area contributed by atoms with E-state index in [1.54, 1.807) is 18.2 Å². The Morgan fingerprint density at radius 2 is 2.04 bits per heavy atom. The minimum absolute atomic E-state index is 0.0374. The van der Waals surface area contributed by atoms with Crippen LogP contribution in [0.25, 0.3) is 22.6 Å². The third-order valence-corrected chi connectivity index (χ3v) is 4.17. The topological polar surface area (TPSA) is 102 Å². The fourth-order valence-corrected chi connectivity index (χ4v) is 3.00. The molecule has 0 radical (unpaired) electrons. The molecule has 1 N–H and O–H groups in total. The van der Waals surface area contributed by atoms with Crippen molar-refractivity contribution in [1.29, 1.82) is 0 Å². The number of nitrogens with zero attached hydrogens (tertiary/aromatic N) is 2. The SMILES string of the molecule is O=c1cc(CSc2nnc(-c3ccco3)o2)c2ccc(O)cc2o1. The van der Waals surface area contributed by atoms with Crippen LogP contribution in [0, 0.1) is 0 Å². The highest BCUT2D eigenvalue weighted by atomic mass is 32.2. The van der Waals surface area contributed by atoms with Gasteiger partial charge in [0, 0.05) is 23.3 Å². The molecule has 0 bridgehead atoms. The van der Waals surface area contributed by atoms with Crippen molar-refractivity contribution in [3.63, 3.8) is 0 Å². The first kappa shape index (κ1) is 14.6. The van der Waals surface area contributed by atoms with Crippen molar-refractivity contribution in [1.82, 2.24) is 10.2 Å². The van der Waals surface area contributed by atoms with Gasteiger partial charge < -0.3 is 18.4 Å². The number of thioether (sulfide) groups is 1. The minimum atomic E-state index is -0.481. The highest BCUT2D eigenvalue weighted by Crippen LogP contribution is 2.29. The van der Waals surface area contributed by atoms with Crippen LogP contribution >= 0.6 is 11.8 Å². The normalized spacial score (nSPS) is 11.2. The Labute approximate surface area is 138 Å². The zero-order valence-corrected chi connectivity index (χ0v) is 12.9. The summed E-state index contributed by atoms with van der Waals surface area (Å²) in [4.78, 5) is 11.7. The van der Waals surface area contributed by atoms with E-state index in [1.807, 2.05) is 0 Å². The number of benzene rings is 1. The average molecular weight is 342 g/mol. The molecule has 8 heteroatoms. The van der Waals surface area contributed by atoms with Gasteiger partial charge in [-0.05, 0) is 29.8 Å². The fraction of sp³-hybridized carbons (Fsp3) is 0.0625. The van der Waals surface area contributed by atoms with Gasteiger partial charge in [-0.25, -0.2) is 4.79 Å². The molecule has 120 valence electrons. The van der Waals surface area contributed by atoms with Gasteiger partial charge in [0.2, 0.25) is 0 Å². The van der Waals surface area contributed by atoms with E-state index in [0.717, 1.165) is 10.9 Å². The summed E-state index contributed by atoms with van der Waals surface area (Å²) in [5.41, 5.74) is 0.606. The van der Waals surface area contributed by atoms with E-state index in [9.17, 15) is 9.90 Å². The monoisotopic (exact) mass is 342 g/mol. The van der Waals surface area contributed by atoms with Crippen molar-refractivity contribution in [2.45, 2.75) is 11.0 Å². The van der Waals surface area contributed by atoms with Gasteiger partial charge in [-0.1, -0.05) is 11.8 Å². The van der Waals surface area contributed by atoms with Crippen LogP contribution in [0.1, 0.15) is 5.56 Å². The maximum Gasteiger partial charge on any atom is 0.336 e. The Hall–Kier alpha value is -3.00. The maximum atomic E-state index is 11.7. The first-order chi connectivity index (χ1) is 11.7. The highest BCUT2D eigenvalue weighted by Gasteiger charge is 2.13. The molecular weight excluding hydrogens is 332 g/mol. The molecule has 0 aliphatic rings. The molecule has 0 spiro atoms. The Bertz CT molecular complexity index is 1050. The predicted molar refractivity (Wildman–Crippen MR) is 85.7 cm³/mol. The number of furan rings is 1. The second-order valence-electron chi connectivity index (χ2n) is 4.91. The Morgan fingerprint density at radius 1 is 1.12 bits per heavy atom. The van der Waals surface area contributed by atoms with Gasteiger partial charge in [0.15, 0.2) is 5.76 Å². The van der Waals surface area contributed by atoms with Crippen LogP contribution in [-0.4, -0.2) is 15.3 Å². The first-order valence-electron chi connectivity index (χ1n) is 6.95. The van der Waals surface area contributed by atoms with Gasteiger partial charge in [-0.2, -0.15) is 0 Å². The van der Waals surface area contributed by atoms with Crippen LogP contribution in [0.4, 0.5) is 0 Å². The van der Waals surface area contributed by atoms with E-state index in [2.05, 4.69) is 10.2 Å². The van der Waals surface area contributed by atoms with Gasteiger partial charge in [-0.3, -0.25) is 0 Å². The summed E-state index contributed by atoms with van der Waals surface area (Å²) in [6.07, 6.45) is 1.52. The molecule has 4 aromatic rings. The summed E-state index contributed by atoms with van der Waals surface area (Å²) < 4.78 is 15.8. The lowest BCUT2D eigenvalue weighted by molar-refractivity contribution is 0.447. The lowest BCUT2D eigenvalue weighted by Crippen LogP contribution is -1.99. The van der Waals surface area contributed by atoms with E-state index in [4.69, 9.17) is 13.3 Å². The van der Waals surface area contributed by atoms with Crippen LogP contribution in [0.15, 0.2) is 65.9 Å². The molecule has 0 amide bonds. The molecule has 0 aliphatic heterocycles. The van der Waals surface area contributed by atoms with Gasteiger partial charge in [0.25, 0.3) is 11.1 Å². The summed E-state index contributed by atoms with van der Waals surface area (Å²) in [5.74, 6) is 1.27. The van der Waals surface area contributed by atoms with E-state index in [1.165, 1.54) is 36.2 Å². The van der Waals surface area contributed by atoms with Crippen molar-refractivity contribution in [3.05, 3.63) is 58.6 Å². The summed E-state index contributed by atoms with van der Waals surface area (Å²) in [6, 6.07) is 9.52. The molecule has 0 fully saturated rings. The number of fused-ring (bicyclic) bond motifs is 1. The molecule has 0 unspecified atom stereocenters. The molecule has 0 saturated carbocycles. The smallest absolute Gasteiger partial charge is 0.336 e. The van der Waals surface area contributed by atoms with Gasteiger partial charge in [0.05, 0.1) is 6.26 Å². The molecule has 7 nitrogen and oxygen atoms in total. The zero-order valence-electron chi connectivity index (χ0n) is 12.1. The summed E-state index contributed by atoms with van der Waals surface area (Å²) in [6.45, 7) is 0. The van der Waals surface area contributed by atoms with E-state index >= 15 is 0 Å². The highest BCUT2D eigenvalue weighted by molar-refractivity contribution is 7.98. The van der Waals surface area contributed by atoms with E-state index in [-0.39, 0.29) is 5.75 Å². The largest absolute Gasteiger partial charge is 0.508 e. The fourth-order valence-electron chi connectivity index (χ4n) is 2.25. The van der Waals surface area contributed by atoms with Crippen LogP contribution < -0.4 is 5.63 Å². The van der Waals surface area contributed by atoms with Crippen LogP contribution in [0.5, 0.6) is 5.75 Å². The number of phenols is 1. The van der Waals surface area contributed by atoms with Crippen molar-refractivity contribution in [2.75, 3.05) is 0 Å². The third kappa shape index (κ3) is 2.79. The van der Waals surface area contributed by atoms with Gasteiger partial charge in [-0.15, -0.1) is 10.2 Å². The van der Waals surface area contributed by atoms with Crippen molar-refractivity contribution >= 4 is 22.7 Å². The zero-order chi connectivity index (χ0) is 16.5. The van der Waals surface area contributed by atoms with Crippen LogP contribution in [0.2, 0.25) is 0 Å². The van der Waals surface area contributed by atoms with Crippen molar-refractivity contribution in [3.8, 4) is 17.4 Å². The Balaban J connectivity index is 1.60. The lowest BCUT2D eigenvalue weighted by atomic mass is 10.1. The van der Waals surface area contributed by atoms with Gasteiger partial charge >= 0.3 is 5.63 Å². The summed E-state index contributed by atoms with van der Waals surface area (Å²) in [5, 5.41) is 18.5. The third-order valence-electron chi connectivity index (χ3n) is 3.30. The molecule has 3 heterocycles. The second kappa shape index (κ2) is 5.89. The number of aromatic hydroxyl groups is 1. The number of rotatable bonds is 4. The Morgan fingerprint density at radius 3 is 2.88 bits per heavy atom. The quantitative estimate of drug-likeness (QED) is 0.444. The van der Waals surface area contributed by atoms with Crippen molar-refractivity contribution in [2.24, 2.45) is 0 Å². The number of phenolic OH excluding ortho intramolecular Hbond substituents is 1. The number of hydrogen-bond donors (Lipinski definition) is 1. The maximum absolute atomic E-state index is 11.7. The average Bonchev–Trinajstić information content (AvgIpc) is 3.23. The van der Waals surface area contributed by atoms with E-state index in [0.29, 0.717) is 28.2 Å². The molecule has 24 heavy (non-hydrogen) atoms. The number of hydrogen-bond acceptors (Lipinski definition) is 8. The standard InChI is InChI=1S/C16H10N2O5S/c19-10-3-4-11-9(6-14(20)22-13(11)7-10)8-24-16-18-17-15(23-16)12-2-1-5-21-12/h1-7,19H,8H2. The predicted octanol–water partition coefficient (Wildman–Crippen LogP) is 3.43. The molecule has 4 rings (SSSR count). The molecule has 3 aromatic heterocycles. The molecular formula is C16H10N2O5S. The molecule has 0 atom stereocenters. The molecule has 0 saturated heterocycles.